The lowest BCUT2D eigenvalue weighted by Gasteiger charge is -2.14. The topological polar surface area (TPSA) is 72.2 Å². The van der Waals surface area contributed by atoms with Crippen LogP contribution in [-0.4, -0.2) is 16.9 Å². The molecule has 0 unspecified atom stereocenters. The summed E-state index contributed by atoms with van der Waals surface area (Å²) >= 11 is 11.8. The number of nitrogens with one attached hydrogen (secondary N) is 1. The molecule has 1 N–H and O–H groups in total. The van der Waals surface area contributed by atoms with Crippen molar-refractivity contribution in [1.82, 2.24) is 5.32 Å². The van der Waals surface area contributed by atoms with Crippen molar-refractivity contribution < 1.29 is 9.72 Å². The molecule has 0 bridgehead atoms. The summed E-state index contributed by atoms with van der Waals surface area (Å²) in [4.78, 5) is 22.3. The monoisotopic (exact) mass is 352 g/mol. The van der Waals surface area contributed by atoms with Crippen LogP contribution < -0.4 is 5.32 Å². The van der Waals surface area contributed by atoms with Crippen molar-refractivity contribution in [3.8, 4) is 0 Å². The molecule has 0 saturated carbocycles. The van der Waals surface area contributed by atoms with Gasteiger partial charge in [0.1, 0.15) is 0 Å². The summed E-state index contributed by atoms with van der Waals surface area (Å²) in [5.41, 5.74) is 1.10. The average molecular weight is 353 g/mol. The van der Waals surface area contributed by atoms with Gasteiger partial charge in [-0.25, -0.2) is 0 Å². The molecule has 0 saturated heterocycles. The molecule has 0 aliphatic rings. The quantitative estimate of drug-likeness (QED) is 0.645. The van der Waals surface area contributed by atoms with Crippen LogP contribution in [0.1, 0.15) is 22.8 Å². The lowest BCUT2D eigenvalue weighted by Crippen LogP contribution is -2.34. The van der Waals surface area contributed by atoms with Crippen LogP contribution in [-0.2, 0) is 6.42 Å². The predicted molar refractivity (Wildman–Crippen MR) is 90.2 cm³/mol. The van der Waals surface area contributed by atoms with Crippen LogP contribution in [0.2, 0.25) is 10.0 Å². The Morgan fingerprint density at radius 2 is 1.87 bits per heavy atom. The van der Waals surface area contributed by atoms with Gasteiger partial charge in [-0.05, 0) is 37.1 Å². The summed E-state index contributed by atoms with van der Waals surface area (Å²) in [5.74, 6) is -0.369. The maximum atomic E-state index is 12.2. The molecular weight excluding hydrogens is 339 g/mol. The first-order valence-corrected chi connectivity index (χ1v) is 7.61. The number of hydrogen-bond acceptors (Lipinski definition) is 3. The van der Waals surface area contributed by atoms with E-state index in [1.807, 2.05) is 19.1 Å². The molecule has 0 spiro atoms. The first kappa shape index (κ1) is 17.2. The van der Waals surface area contributed by atoms with Gasteiger partial charge >= 0.3 is 0 Å². The fourth-order valence-corrected chi connectivity index (χ4v) is 2.51. The second-order valence-corrected chi connectivity index (χ2v) is 5.97. The molecule has 0 heterocycles. The highest BCUT2D eigenvalue weighted by molar-refractivity contribution is 6.34. The maximum absolute atomic E-state index is 12.2. The minimum absolute atomic E-state index is 0.0513. The van der Waals surface area contributed by atoms with Crippen LogP contribution in [0, 0.1) is 10.1 Å². The average Bonchev–Trinajstić information content (AvgIpc) is 2.49. The molecule has 0 fully saturated rings. The Morgan fingerprint density at radius 1 is 1.22 bits per heavy atom. The van der Waals surface area contributed by atoms with Crippen molar-refractivity contribution in [3.05, 3.63) is 73.8 Å². The predicted octanol–water partition coefficient (Wildman–Crippen LogP) is 4.26. The molecule has 0 aliphatic carbocycles. The van der Waals surface area contributed by atoms with E-state index in [0.717, 1.165) is 5.56 Å². The zero-order valence-electron chi connectivity index (χ0n) is 12.3. The third kappa shape index (κ3) is 4.68. The lowest BCUT2D eigenvalue weighted by atomic mass is 10.1. The van der Waals surface area contributed by atoms with Gasteiger partial charge < -0.3 is 5.32 Å². The minimum Gasteiger partial charge on any atom is -0.349 e. The highest BCUT2D eigenvalue weighted by atomic mass is 35.5. The van der Waals surface area contributed by atoms with Gasteiger partial charge in [-0.15, -0.1) is 0 Å². The number of hydrogen-bond donors (Lipinski definition) is 1. The molecule has 2 aromatic carbocycles. The van der Waals surface area contributed by atoms with Crippen LogP contribution in [0.15, 0.2) is 42.5 Å². The van der Waals surface area contributed by atoms with E-state index in [4.69, 9.17) is 23.2 Å². The number of halogens is 2. The number of carbonyl (C=O) groups excluding carboxylic acids is 1. The Morgan fingerprint density at radius 3 is 2.43 bits per heavy atom. The van der Waals surface area contributed by atoms with Crippen LogP contribution in [0.3, 0.4) is 0 Å². The van der Waals surface area contributed by atoms with E-state index in [1.54, 1.807) is 12.1 Å². The summed E-state index contributed by atoms with van der Waals surface area (Å²) in [6.45, 7) is 1.87. The van der Waals surface area contributed by atoms with Gasteiger partial charge in [-0.1, -0.05) is 35.3 Å². The molecule has 7 heteroatoms. The summed E-state index contributed by atoms with van der Waals surface area (Å²) in [5, 5.41) is 14.2. The number of non-ortho nitro benzene ring substituents is 1. The fraction of sp³-hybridized carbons (Fsp3) is 0.188. The molecule has 0 radical (unpaired) electrons. The number of nitrogens with zero attached hydrogens (tertiary/aromatic N) is 1. The number of benzene rings is 2. The van der Waals surface area contributed by atoms with Crippen molar-refractivity contribution in [2.75, 3.05) is 0 Å². The van der Waals surface area contributed by atoms with Crippen molar-refractivity contribution in [3.63, 3.8) is 0 Å². The number of nitro benzene ring substituents is 1. The van der Waals surface area contributed by atoms with Crippen LogP contribution in [0.25, 0.3) is 0 Å². The summed E-state index contributed by atoms with van der Waals surface area (Å²) in [7, 11) is 0. The minimum atomic E-state index is -0.559. The fourth-order valence-electron chi connectivity index (χ4n) is 2.13. The third-order valence-corrected chi connectivity index (χ3v) is 3.81. The van der Waals surface area contributed by atoms with Crippen molar-refractivity contribution in [1.29, 1.82) is 0 Å². The maximum Gasteiger partial charge on any atom is 0.270 e. The van der Waals surface area contributed by atoms with Gasteiger partial charge in [0, 0.05) is 23.2 Å². The van der Waals surface area contributed by atoms with Crippen LogP contribution in [0.4, 0.5) is 5.69 Å². The number of nitro groups is 1. The van der Waals surface area contributed by atoms with Gasteiger partial charge in [0.05, 0.1) is 15.5 Å². The largest absolute Gasteiger partial charge is 0.349 e. The Kier molecular flexibility index (Phi) is 5.58. The van der Waals surface area contributed by atoms with Gasteiger partial charge in [0.25, 0.3) is 11.6 Å². The molecule has 1 amide bonds. The van der Waals surface area contributed by atoms with E-state index in [9.17, 15) is 14.9 Å². The van der Waals surface area contributed by atoms with Gasteiger partial charge in [-0.3, -0.25) is 14.9 Å². The lowest BCUT2D eigenvalue weighted by molar-refractivity contribution is -0.384. The first-order chi connectivity index (χ1) is 10.9. The molecule has 5 nitrogen and oxygen atoms in total. The smallest absolute Gasteiger partial charge is 0.270 e. The van der Waals surface area contributed by atoms with Crippen molar-refractivity contribution >= 4 is 34.8 Å². The first-order valence-electron chi connectivity index (χ1n) is 6.86. The molecular formula is C16H14Cl2N2O3. The molecule has 2 aromatic rings. The molecule has 1 atom stereocenters. The number of carbonyl (C=O) groups is 1. The van der Waals surface area contributed by atoms with E-state index in [0.29, 0.717) is 11.4 Å². The zero-order chi connectivity index (χ0) is 17.0. The second-order valence-electron chi connectivity index (χ2n) is 5.13. The van der Waals surface area contributed by atoms with E-state index >= 15 is 0 Å². The summed E-state index contributed by atoms with van der Waals surface area (Å²) in [6, 6.07) is 11.0. The summed E-state index contributed by atoms with van der Waals surface area (Å²) < 4.78 is 0. The van der Waals surface area contributed by atoms with Crippen LogP contribution in [0.5, 0.6) is 0 Å². The Bertz CT molecular complexity index is 733. The van der Waals surface area contributed by atoms with Gasteiger partial charge in [0.2, 0.25) is 0 Å². The van der Waals surface area contributed by atoms with Gasteiger partial charge in [-0.2, -0.15) is 0 Å². The SMILES string of the molecule is C[C@H](Cc1ccc(Cl)cc1)NC(=O)c1ccc([N+](=O)[O-])cc1Cl. The van der Waals surface area contributed by atoms with Crippen molar-refractivity contribution in [2.45, 2.75) is 19.4 Å². The van der Waals surface area contributed by atoms with E-state index in [1.165, 1.54) is 18.2 Å². The molecule has 2 rings (SSSR count). The third-order valence-electron chi connectivity index (χ3n) is 3.24. The molecule has 0 aromatic heterocycles. The Hall–Kier alpha value is -2.11. The highest BCUT2D eigenvalue weighted by Gasteiger charge is 2.16. The Labute approximate surface area is 143 Å². The highest BCUT2D eigenvalue weighted by Crippen LogP contribution is 2.22. The number of amides is 1. The van der Waals surface area contributed by atoms with E-state index < -0.39 is 4.92 Å². The summed E-state index contributed by atoms with van der Waals surface area (Å²) in [6.07, 6.45) is 0.632. The van der Waals surface area contributed by atoms with Crippen LogP contribution >= 0.6 is 23.2 Å². The standard InChI is InChI=1S/C16H14Cl2N2O3/c1-10(8-11-2-4-12(17)5-3-11)19-16(21)14-7-6-13(20(22)23)9-15(14)18/h2-7,9-10H,8H2,1H3,(H,19,21)/t10-/m1/s1. The zero-order valence-corrected chi connectivity index (χ0v) is 13.8. The number of rotatable bonds is 5. The Balaban J connectivity index is 2.03. The molecule has 23 heavy (non-hydrogen) atoms. The van der Waals surface area contributed by atoms with Crippen molar-refractivity contribution in [2.24, 2.45) is 0 Å². The molecule has 120 valence electrons. The second kappa shape index (κ2) is 7.44. The van der Waals surface area contributed by atoms with E-state index in [2.05, 4.69) is 5.32 Å². The molecule has 0 aliphatic heterocycles. The van der Waals surface area contributed by atoms with E-state index in [-0.39, 0.29) is 28.2 Å². The van der Waals surface area contributed by atoms with Gasteiger partial charge in [0.15, 0.2) is 0 Å². The normalized spacial score (nSPS) is 11.8.